The number of aliphatic hydroxyl groups is 1. The number of methoxy groups -OCH3 is 1. The predicted molar refractivity (Wildman–Crippen MR) is 108 cm³/mol. The molecule has 4 rings (SSSR count). The minimum absolute atomic E-state index is 0.101. The number of hydrogen-bond acceptors (Lipinski definition) is 7. The van der Waals surface area contributed by atoms with Crippen LogP contribution in [0.2, 0.25) is 0 Å². The van der Waals surface area contributed by atoms with Gasteiger partial charge in [0.05, 0.1) is 24.5 Å². The Labute approximate surface area is 171 Å². The van der Waals surface area contributed by atoms with Gasteiger partial charge in [0.1, 0.15) is 5.76 Å². The number of hydrogen-bond donors (Lipinski definition) is 2. The van der Waals surface area contributed by atoms with Gasteiger partial charge in [0, 0.05) is 24.6 Å². The first-order valence-electron chi connectivity index (χ1n) is 10.2. The van der Waals surface area contributed by atoms with Crippen molar-refractivity contribution in [3.05, 3.63) is 35.1 Å². The monoisotopic (exact) mass is 402 g/mol. The number of fused-ring (bicyclic) bond motifs is 1. The van der Waals surface area contributed by atoms with Gasteiger partial charge < -0.3 is 30.0 Å². The van der Waals surface area contributed by atoms with Crippen LogP contribution < -0.4 is 15.2 Å². The maximum Gasteiger partial charge on any atom is 0.312 e. The van der Waals surface area contributed by atoms with E-state index in [1.807, 2.05) is 33.0 Å². The number of likely N-dealkylation sites (tertiary alicyclic amines) is 1. The highest BCUT2D eigenvalue weighted by atomic mass is 16.6. The summed E-state index contributed by atoms with van der Waals surface area (Å²) in [6.45, 7) is 5.09. The maximum atomic E-state index is 12.2. The Morgan fingerprint density at radius 3 is 2.90 bits per heavy atom. The second kappa shape index (κ2) is 7.00. The summed E-state index contributed by atoms with van der Waals surface area (Å²) in [5, 5.41) is 12.1. The standard InChI is InChI=1S/C22H30N2O5/c1-13-5-6-15(27-4)19-18(13)21-10-12-24(3)14(2)22(21,26)9-7-16(20(21)29-19)28-17(25)8-11-23/h5-7,14,20,26H,8-12,23H2,1-4H3/t14-,20+,21+,22-/m1/s1. The highest BCUT2D eigenvalue weighted by molar-refractivity contribution is 5.71. The van der Waals surface area contributed by atoms with Crippen LogP contribution in [-0.4, -0.2) is 61.0 Å². The molecule has 4 atom stereocenters. The lowest BCUT2D eigenvalue weighted by Crippen LogP contribution is -2.71. The topological polar surface area (TPSA) is 94.2 Å². The number of carbonyl (C=O) groups excluding carboxylic acids is 1. The Morgan fingerprint density at radius 1 is 1.45 bits per heavy atom. The molecule has 0 amide bonds. The van der Waals surface area contributed by atoms with Gasteiger partial charge in [-0.3, -0.25) is 4.79 Å². The van der Waals surface area contributed by atoms with Crippen LogP contribution in [0.5, 0.6) is 11.5 Å². The van der Waals surface area contributed by atoms with Crippen molar-refractivity contribution in [3.8, 4) is 11.5 Å². The van der Waals surface area contributed by atoms with E-state index in [0.717, 1.165) is 17.7 Å². The Morgan fingerprint density at radius 2 is 2.21 bits per heavy atom. The molecule has 29 heavy (non-hydrogen) atoms. The van der Waals surface area contributed by atoms with Crippen LogP contribution in [-0.2, 0) is 14.9 Å². The van der Waals surface area contributed by atoms with Gasteiger partial charge in [-0.05, 0) is 51.6 Å². The first-order chi connectivity index (χ1) is 13.8. The van der Waals surface area contributed by atoms with Gasteiger partial charge in [0.2, 0.25) is 0 Å². The summed E-state index contributed by atoms with van der Waals surface area (Å²) in [5.41, 5.74) is 5.72. The van der Waals surface area contributed by atoms with Gasteiger partial charge in [-0.2, -0.15) is 0 Å². The highest BCUT2D eigenvalue weighted by Crippen LogP contribution is 2.62. The summed E-state index contributed by atoms with van der Waals surface area (Å²) in [5.74, 6) is 1.33. The zero-order valence-electron chi connectivity index (χ0n) is 17.5. The number of rotatable bonds is 4. The molecule has 1 aromatic rings. The Balaban J connectivity index is 1.91. The SMILES string of the molecule is COc1ccc(C)c2c1O[C@H]1C(OC(=O)CCN)=CC[C@@]3(O)[C@@H](C)N(C)CC[C@]213. The normalized spacial score (nSPS) is 33.1. The quantitative estimate of drug-likeness (QED) is 0.740. The van der Waals surface area contributed by atoms with E-state index in [1.165, 1.54) is 0 Å². The summed E-state index contributed by atoms with van der Waals surface area (Å²) >= 11 is 0. The number of carbonyl (C=O) groups is 1. The molecule has 3 aliphatic rings. The fourth-order valence-electron chi connectivity index (χ4n) is 5.46. The Hall–Kier alpha value is -2.09. The fourth-order valence-corrected chi connectivity index (χ4v) is 5.46. The summed E-state index contributed by atoms with van der Waals surface area (Å²) in [7, 11) is 3.63. The smallest absolute Gasteiger partial charge is 0.312 e. The maximum absolute atomic E-state index is 12.2. The number of likely N-dealkylation sites (N-methyl/N-ethyl adjacent to an activating group) is 1. The van der Waals surface area contributed by atoms with Crippen LogP contribution in [0, 0.1) is 6.92 Å². The highest BCUT2D eigenvalue weighted by Gasteiger charge is 2.69. The second-order valence-electron chi connectivity index (χ2n) is 8.41. The molecule has 7 heteroatoms. The molecule has 0 saturated carbocycles. The molecule has 1 fully saturated rings. The molecule has 2 heterocycles. The van der Waals surface area contributed by atoms with E-state index in [2.05, 4.69) is 4.90 Å². The molecule has 3 N–H and O–H groups in total. The van der Waals surface area contributed by atoms with Gasteiger partial charge in [0.25, 0.3) is 0 Å². The molecule has 7 nitrogen and oxygen atoms in total. The van der Waals surface area contributed by atoms with E-state index in [9.17, 15) is 9.90 Å². The lowest BCUT2D eigenvalue weighted by molar-refractivity contribution is -0.161. The predicted octanol–water partition coefficient (Wildman–Crippen LogP) is 1.64. The largest absolute Gasteiger partial charge is 0.493 e. The minimum Gasteiger partial charge on any atom is -0.493 e. The molecule has 1 aromatic carbocycles. The van der Waals surface area contributed by atoms with E-state index in [0.29, 0.717) is 30.1 Å². The van der Waals surface area contributed by atoms with Crippen molar-refractivity contribution in [2.75, 3.05) is 27.2 Å². The molecule has 1 saturated heterocycles. The molecule has 0 aromatic heterocycles. The number of nitrogens with zero attached hydrogens (tertiary/aromatic N) is 1. The lowest BCUT2D eigenvalue weighted by Gasteiger charge is -2.58. The number of esters is 1. The first kappa shape index (κ1) is 20.2. The second-order valence-corrected chi connectivity index (χ2v) is 8.41. The molecule has 1 aliphatic carbocycles. The van der Waals surface area contributed by atoms with E-state index in [-0.39, 0.29) is 25.0 Å². The molecule has 158 valence electrons. The third-order valence-corrected chi connectivity index (χ3v) is 7.12. The van der Waals surface area contributed by atoms with Crippen molar-refractivity contribution in [1.29, 1.82) is 0 Å². The molecule has 0 bridgehead atoms. The third-order valence-electron chi connectivity index (χ3n) is 7.12. The van der Waals surface area contributed by atoms with E-state index >= 15 is 0 Å². The zero-order valence-corrected chi connectivity index (χ0v) is 17.5. The molecular weight excluding hydrogens is 372 g/mol. The van der Waals surface area contributed by atoms with Crippen molar-refractivity contribution in [2.45, 2.75) is 56.3 Å². The Kier molecular flexibility index (Phi) is 4.88. The van der Waals surface area contributed by atoms with Crippen molar-refractivity contribution < 1.29 is 24.1 Å². The van der Waals surface area contributed by atoms with Crippen molar-refractivity contribution in [1.82, 2.24) is 4.90 Å². The van der Waals surface area contributed by atoms with Crippen LogP contribution in [0.25, 0.3) is 0 Å². The third kappa shape index (κ3) is 2.64. The Bertz CT molecular complexity index is 869. The van der Waals surface area contributed by atoms with Crippen LogP contribution in [0.1, 0.15) is 37.3 Å². The van der Waals surface area contributed by atoms with Gasteiger partial charge in [-0.1, -0.05) is 6.07 Å². The molecule has 1 spiro atoms. The summed E-state index contributed by atoms with van der Waals surface area (Å²) in [6.07, 6.45) is 2.40. The minimum atomic E-state index is -1.07. The molecule has 2 aliphatic heterocycles. The van der Waals surface area contributed by atoms with E-state index < -0.39 is 17.1 Å². The zero-order chi connectivity index (χ0) is 21.0. The number of piperidine rings is 1. The molecule has 0 unspecified atom stereocenters. The average molecular weight is 402 g/mol. The van der Waals surface area contributed by atoms with Gasteiger partial charge >= 0.3 is 5.97 Å². The lowest BCUT2D eigenvalue weighted by atomic mass is 9.54. The number of benzene rings is 1. The van der Waals surface area contributed by atoms with E-state index in [1.54, 1.807) is 13.2 Å². The van der Waals surface area contributed by atoms with Crippen molar-refractivity contribution >= 4 is 5.97 Å². The summed E-state index contributed by atoms with van der Waals surface area (Å²) < 4.78 is 17.7. The fraction of sp³-hybridized carbons (Fsp3) is 0.591. The van der Waals surface area contributed by atoms with E-state index in [4.69, 9.17) is 19.9 Å². The van der Waals surface area contributed by atoms with Crippen molar-refractivity contribution in [3.63, 3.8) is 0 Å². The number of aryl methyl sites for hydroxylation is 1. The van der Waals surface area contributed by atoms with Crippen LogP contribution >= 0.6 is 0 Å². The van der Waals surface area contributed by atoms with Gasteiger partial charge in [0.15, 0.2) is 17.6 Å². The number of ether oxygens (including phenoxy) is 3. The van der Waals surface area contributed by atoms with Crippen LogP contribution in [0.15, 0.2) is 24.0 Å². The summed E-state index contributed by atoms with van der Waals surface area (Å²) in [4.78, 5) is 14.4. The van der Waals surface area contributed by atoms with Gasteiger partial charge in [-0.25, -0.2) is 0 Å². The average Bonchev–Trinajstić information content (AvgIpc) is 3.05. The summed E-state index contributed by atoms with van der Waals surface area (Å²) in [6, 6.07) is 3.78. The molecule has 0 radical (unpaired) electrons. The first-order valence-corrected chi connectivity index (χ1v) is 10.2. The number of nitrogens with two attached hydrogens (primary N) is 1. The van der Waals surface area contributed by atoms with Crippen molar-refractivity contribution in [2.24, 2.45) is 5.73 Å². The molecular formula is C22H30N2O5. The van der Waals surface area contributed by atoms with Crippen LogP contribution in [0.3, 0.4) is 0 Å². The van der Waals surface area contributed by atoms with Gasteiger partial charge in [-0.15, -0.1) is 0 Å². The van der Waals surface area contributed by atoms with Crippen LogP contribution in [0.4, 0.5) is 0 Å².